The Bertz CT molecular complexity index is 424. The molecule has 0 spiro atoms. The van der Waals surface area contributed by atoms with Crippen molar-refractivity contribution in [3.63, 3.8) is 0 Å². The molecule has 1 aromatic rings. The second-order valence-corrected chi connectivity index (χ2v) is 6.74. The number of ether oxygens (including phenoxy) is 1. The van der Waals surface area contributed by atoms with Gasteiger partial charge in [0.1, 0.15) is 6.04 Å². The zero-order valence-electron chi connectivity index (χ0n) is 9.72. The summed E-state index contributed by atoms with van der Waals surface area (Å²) in [4.78, 5) is 11.4. The first-order valence-corrected chi connectivity index (χ1v) is 7.88. The number of nitrogens with one attached hydrogen (secondary N) is 1. The smallest absolute Gasteiger partial charge is 0.323 e. The fourth-order valence-corrected chi connectivity index (χ4v) is 3.35. The molecular weight excluding hydrogens is 261 g/mol. The molecule has 17 heavy (non-hydrogen) atoms. The molecule has 0 amide bonds. The summed E-state index contributed by atoms with van der Waals surface area (Å²) in [6.07, 6.45) is 0. The molecule has 94 valence electrons. The van der Waals surface area contributed by atoms with Crippen LogP contribution < -0.4 is 10.4 Å². The standard InChI is InChI=1S/C11H15ClNO3P/c1-3-16-11(14)9(2)13-17(12,15)10-7-5-4-6-8-10/h4-9H,3H2,1-2H3,(H,13,15)/t9-,17?/m0/s1. The lowest BCUT2D eigenvalue weighted by atomic mass is 10.4. The quantitative estimate of drug-likeness (QED) is 0.662. The number of hydrogen-bond donors (Lipinski definition) is 1. The van der Waals surface area contributed by atoms with Crippen LogP contribution in [0.4, 0.5) is 0 Å². The lowest BCUT2D eigenvalue weighted by Crippen LogP contribution is -2.34. The molecule has 6 heteroatoms. The number of rotatable bonds is 5. The lowest BCUT2D eigenvalue weighted by Gasteiger charge is -2.17. The van der Waals surface area contributed by atoms with Gasteiger partial charge in [-0.2, -0.15) is 0 Å². The van der Waals surface area contributed by atoms with E-state index in [0.29, 0.717) is 5.30 Å². The highest BCUT2D eigenvalue weighted by atomic mass is 35.7. The van der Waals surface area contributed by atoms with Crippen molar-refractivity contribution in [3.8, 4) is 0 Å². The van der Waals surface area contributed by atoms with E-state index in [-0.39, 0.29) is 6.61 Å². The Morgan fingerprint density at radius 3 is 2.59 bits per heavy atom. The summed E-state index contributed by atoms with van der Waals surface area (Å²) in [5.74, 6) is -0.468. The Kier molecular flexibility index (Phi) is 5.19. The van der Waals surface area contributed by atoms with Crippen molar-refractivity contribution in [2.45, 2.75) is 19.9 Å². The third kappa shape index (κ3) is 4.15. The summed E-state index contributed by atoms with van der Waals surface area (Å²) in [5, 5.41) is 3.07. The molecule has 0 bridgehead atoms. The van der Waals surface area contributed by atoms with Crippen molar-refractivity contribution in [3.05, 3.63) is 30.3 Å². The van der Waals surface area contributed by atoms with Crippen LogP contribution in [0.25, 0.3) is 0 Å². The molecule has 0 saturated heterocycles. The number of hydrogen-bond acceptors (Lipinski definition) is 3. The van der Waals surface area contributed by atoms with Gasteiger partial charge in [-0.05, 0) is 37.2 Å². The minimum Gasteiger partial charge on any atom is -0.465 e. The predicted octanol–water partition coefficient (Wildman–Crippen LogP) is 2.29. The number of esters is 1. The van der Waals surface area contributed by atoms with Crippen LogP contribution in [0, 0.1) is 0 Å². The van der Waals surface area contributed by atoms with Crippen LogP contribution in [0.5, 0.6) is 0 Å². The Morgan fingerprint density at radius 1 is 1.47 bits per heavy atom. The third-order valence-electron chi connectivity index (χ3n) is 2.09. The first kappa shape index (κ1) is 14.2. The van der Waals surface area contributed by atoms with Gasteiger partial charge in [-0.25, -0.2) is 5.09 Å². The van der Waals surface area contributed by atoms with Gasteiger partial charge in [0.05, 0.1) is 6.61 Å². The van der Waals surface area contributed by atoms with E-state index < -0.39 is 18.7 Å². The van der Waals surface area contributed by atoms with Crippen molar-refractivity contribution in [1.29, 1.82) is 0 Å². The zero-order valence-corrected chi connectivity index (χ0v) is 11.4. The monoisotopic (exact) mass is 275 g/mol. The van der Waals surface area contributed by atoms with Gasteiger partial charge in [0.25, 0.3) is 6.65 Å². The fourth-order valence-electron chi connectivity index (χ4n) is 1.26. The van der Waals surface area contributed by atoms with Crippen molar-refractivity contribution >= 4 is 29.2 Å². The number of carbonyl (C=O) groups is 1. The van der Waals surface area contributed by atoms with Gasteiger partial charge >= 0.3 is 5.97 Å². The number of carbonyl (C=O) groups excluding carboxylic acids is 1. The van der Waals surface area contributed by atoms with Crippen LogP contribution in [0.3, 0.4) is 0 Å². The minimum absolute atomic E-state index is 0.281. The second kappa shape index (κ2) is 6.20. The average Bonchev–Trinajstić information content (AvgIpc) is 2.30. The Morgan fingerprint density at radius 2 is 2.06 bits per heavy atom. The van der Waals surface area contributed by atoms with Crippen molar-refractivity contribution < 1.29 is 14.1 Å². The lowest BCUT2D eigenvalue weighted by molar-refractivity contribution is -0.144. The number of benzene rings is 1. The number of halogens is 1. The van der Waals surface area contributed by atoms with Crippen LogP contribution >= 0.6 is 17.9 Å². The second-order valence-electron chi connectivity index (χ2n) is 3.47. The van der Waals surface area contributed by atoms with E-state index in [1.54, 1.807) is 44.2 Å². The highest BCUT2D eigenvalue weighted by Crippen LogP contribution is 2.45. The fraction of sp³-hybridized carbons (Fsp3) is 0.364. The molecule has 0 heterocycles. The zero-order chi connectivity index (χ0) is 12.9. The van der Waals surface area contributed by atoms with Gasteiger partial charge in [0.2, 0.25) is 0 Å². The summed E-state index contributed by atoms with van der Waals surface area (Å²) in [5.41, 5.74) is 0. The maximum Gasteiger partial charge on any atom is 0.323 e. The van der Waals surface area contributed by atoms with Crippen LogP contribution in [-0.4, -0.2) is 18.6 Å². The molecule has 1 aromatic carbocycles. The van der Waals surface area contributed by atoms with E-state index in [2.05, 4.69) is 5.09 Å². The minimum atomic E-state index is -3.26. The Labute approximate surface area is 106 Å². The molecule has 0 radical (unpaired) electrons. The van der Waals surface area contributed by atoms with Gasteiger partial charge in [-0.15, -0.1) is 0 Å². The molecular formula is C11H15ClNO3P. The summed E-state index contributed by atoms with van der Waals surface area (Å²) in [7, 11) is 0. The SMILES string of the molecule is CCOC(=O)[C@H](C)NP(=O)(Cl)c1ccccc1. The largest absolute Gasteiger partial charge is 0.465 e. The maximum absolute atomic E-state index is 12.2. The summed E-state index contributed by atoms with van der Waals surface area (Å²) in [6, 6.07) is 7.87. The first-order valence-electron chi connectivity index (χ1n) is 5.27. The molecule has 4 nitrogen and oxygen atoms in total. The predicted molar refractivity (Wildman–Crippen MR) is 68.8 cm³/mol. The molecule has 2 atom stereocenters. The van der Waals surface area contributed by atoms with Crippen LogP contribution in [0.1, 0.15) is 13.8 Å². The molecule has 0 aliphatic rings. The molecule has 1 unspecified atom stereocenters. The maximum atomic E-state index is 12.2. The molecule has 1 N–H and O–H groups in total. The van der Waals surface area contributed by atoms with Gasteiger partial charge in [0, 0.05) is 5.30 Å². The molecule has 1 rings (SSSR count). The molecule has 0 aromatic heterocycles. The van der Waals surface area contributed by atoms with Crippen molar-refractivity contribution in [2.24, 2.45) is 0 Å². The van der Waals surface area contributed by atoms with Gasteiger partial charge in [-0.1, -0.05) is 18.2 Å². The van der Waals surface area contributed by atoms with Gasteiger partial charge in [0.15, 0.2) is 0 Å². The highest BCUT2D eigenvalue weighted by molar-refractivity contribution is 7.93. The van der Waals surface area contributed by atoms with Gasteiger partial charge < -0.3 is 4.74 Å². The van der Waals surface area contributed by atoms with Crippen LogP contribution in [-0.2, 0) is 14.1 Å². The van der Waals surface area contributed by atoms with E-state index in [0.717, 1.165) is 0 Å². The molecule has 0 saturated carbocycles. The Balaban J connectivity index is 2.74. The van der Waals surface area contributed by atoms with Crippen LogP contribution in [0.15, 0.2) is 30.3 Å². The normalized spacial score (nSPS) is 15.9. The molecule has 0 aliphatic heterocycles. The van der Waals surface area contributed by atoms with E-state index in [1.165, 1.54) is 0 Å². The van der Waals surface area contributed by atoms with Crippen molar-refractivity contribution in [1.82, 2.24) is 5.09 Å². The topological polar surface area (TPSA) is 55.4 Å². The first-order chi connectivity index (χ1) is 7.97. The summed E-state index contributed by atoms with van der Waals surface area (Å²) >= 11 is 5.94. The summed E-state index contributed by atoms with van der Waals surface area (Å²) < 4.78 is 17.0. The van der Waals surface area contributed by atoms with E-state index in [1.807, 2.05) is 0 Å². The molecule has 0 fully saturated rings. The van der Waals surface area contributed by atoms with Crippen molar-refractivity contribution in [2.75, 3.05) is 6.61 Å². The van der Waals surface area contributed by atoms with Gasteiger partial charge in [-0.3, -0.25) is 9.36 Å². The third-order valence-corrected chi connectivity index (χ3v) is 4.65. The highest BCUT2D eigenvalue weighted by Gasteiger charge is 2.27. The average molecular weight is 276 g/mol. The Hall–Kier alpha value is -0.830. The van der Waals surface area contributed by atoms with E-state index >= 15 is 0 Å². The van der Waals surface area contributed by atoms with E-state index in [4.69, 9.17) is 16.0 Å². The van der Waals surface area contributed by atoms with E-state index in [9.17, 15) is 9.36 Å². The van der Waals surface area contributed by atoms with Crippen LogP contribution in [0.2, 0.25) is 0 Å². The summed E-state index contributed by atoms with van der Waals surface area (Å²) in [6.45, 7) is 0.299. The molecule has 0 aliphatic carbocycles.